The first-order valence-electron chi connectivity index (χ1n) is 8.43. The first-order valence-corrected chi connectivity index (χ1v) is 9.63. The Kier molecular flexibility index (Phi) is 8.21. The SMILES string of the molecule is CCCOc1ccccc1C(=O)NNC(=S)NC(=O)c1cc(Br)ccc1OC. The first kappa shape index (κ1) is 21.6. The van der Waals surface area contributed by atoms with Crippen molar-refractivity contribution < 1.29 is 19.1 Å². The topological polar surface area (TPSA) is 88.7 Å². The highest BCUT2D eigenvalue weighted by atomic mass is 79.9. The molecule has 28 heavy (non-hydrogen) atoms. The van der Waals surface area contributed by atoms with Crippen molar-refractivity contribution in [3.8, 4) is 11.5 Å². The summed E-state index contributed by atoms with van der Waals surface area (Å²) in [5.74, 6) is -0.0491. The molecule has 0 saturated carbocycles. The van der Waals surface area contributed by atoms with Gasteiger partial charge in [-0.15, -0.1) is 0 Å². The Morgan fingerprint density at radius 3 is 2.50 bits per heavy atom. The summed E-state index contributed by atoms with van der Waals surface area (Å²) in [6.45, 7) is 2.48. The minimum absolute atomic E-state index is 0.0627. The van der Waals surface area contributed by atoms with Gasteiger partial charge in [0.1, 0.15) is 11.5 Å². The van der Waals surface area contributed by atoms with Gasteiger partial charge in [0.2, 0.25) is 0 Å². The number of halogens is 1. The van der Waals surface area contributed by atoms with Crippen LogP contribution in [-0.4, -0.2) is 30.6 Å². The summed E-state index contributed by atoms with van der Waals surface area (Å²) >= 11 is 8.38. The molecule has 148 valence electrons. The summed E-state index contributed by atoms with van der Waals surface area (Å²) in [5.41, 5.74) is 5.61. The summed E-state index contributed by atoms with van der Waals surface area (Å²) in [6, 6.07) is 11.9. The van der Waals surface area contributed by atoms with Crippen molar-refractivity contribution in [1.82, 2.24) is 16.2 Å². The first-order chi connectivity index (χ1) is 13.5. The zero-order chi connectivity index (χ0) is 20.5. The van der Waals surface area contributed by atoms with Crippen LogP contribution in [0.1, 0.15) is 34.1 Å². The maximum Gasteiger partial charge on any atom is 0.273 e. The van der Waals surface area contributed by atoms with Crippen molar-refractivity contribution in [2.45, 2.75) is 13.3 Å². The molecule has 9 heteroatoms. The van der Waals surface area contributed by atoms with E-state index >= 15 is 0 Å². The second-order valence-electron chi connectivity index (χ2n) is 5.55. The van der Waals surface area contributed by atoms with Gasteiger partial charge in [0, 0.05) is 4.47 Å². The molecule has 2 aromatic carbocycles. The highest BCUT2D eigenvalue weighted by molar-refractivity contribution is 9.10. The summed E-state index contributed by atoms with van der Waals surface area (Å²) in [4.78, 5) is 24.8. The average molecular weight is 466 g/mol. The molecule has 0 heterocycles. The van der Waals surface area contributed by atoms with Crippen molar-refractivity contribution in [1.29, 1.82) is 0 Å². The third-order valence-corrected chi connectivity index (χ3v) is 4.21. The molecular formula is C19H20BrN3O4S. The van der Waals surface area contributed by atoms with Crippen molar-refractivity contribution in [3.05, 3.63) is 58.1 Å². The van der Waals surface area contributed by atoms with Gasteiger partial charge in [0.25, 0.3) is 11.8 Å². The van der Waals surface area contributed by atoms with Crippen molar-refractivity contribution in [3.63, 3.8) is 0 Å². The average Bonchev–Trinajstić information content (AvgIpc) is 2.70. The van der Waals surface area contributed by atoms with Gasteiger partial charge >= 0.3 is 0 Å². The van der Waals surface area contributed by atoms with Crippen LogP contribution in [0.5, 0.6) is 11.5 Å². The van der Waals surface area contributed by atoms with E-state index in [0.717, 1.165) is 6.42 Å². The van der Waals surface area contributed by atoms with E-state index in [1.807, 2.05) is 6.92 Å². The number of hydrogen-bond acceptors (Lipinski definition) is 5. The molecule has 0 spiro atoms. The van der Waals surface area contributed by atoms with Gasteiger partial charge in [-0.2, -0.15) is 0 Å². The lowest BCUT2D eigenvalue weighted by Gasteiger charge is -2.14. The van der Waals surface area contributed by atoms with Gasteiger partial charge in [-0.3, -0.25) is 25.8 Å². The number of methoxy groups -OCH3 is 1. The fourth-order valence-corrected chi connectivity index (χ4v) is 2.74. The molecule has 7 nitrogen and oxygen atoms in total. The molecule has 0 aliphatic heterocycles. The van der Waals surface area contributed by atoms with Crippen LogP contribution in [-0.2, 0) is 0 Å². The number of nitrogens with one attached hydrogen (secondary N) is 3. The normalized spacial score (nSPS) is 9.96. The number of carbonyl (C=O) groups excluding carboxylic acids is 2. The molecule has 0 bridgehead atoms. The minimum Gasteiger partial charge on any atom is -0.496 e. The molecule has 0 fully saturated rings. The van der Waals surface area contributed by atoms with Gasteiger partial charge in [-0.1, -0.05) is 35.0 Å². The number of hydrogen-bond donors (Lipinski definition) is 3. The predicted octanol–water partition coefficient (Wildman–Crippen LogP) is 3.20. The van der Waals surface area contributed by atoms with E-state index in [2.05, 4.69) is 32.1 Å². The molecule has 0 saturated heterocycles. The number of ether oxygens (including phenoxy) is 2. The lowest BCUT2D eigenvalue weighted by molar-refractivity contribution is 0.0930. The number of para-hydroxylation sites is 1. The van der Waals surface area contributed by atoms with Crippen molar-refractivity contribution in [2.75, 3.05) is 13.7 Å². The molecule has 0 aliphatic carbocycles. The Labute approximate surface area is 176 Å². The summed E-state index contributed by atoms with van der Waals surface area (Å²) in [5, 5.41) is 2.43. The molecule has 0 aromatic heterocycles. The molecular weight excluding hydrogens is 446 g/mol. The van der Waals surface area contributed by atoms with Gasteiger partial charge in [-0.05, 0) is 49.0 Å². The van der Waals surface area contributed by atoms with E-state index in [1.165, 1.54) is 7.11 Å². The molecule has 0 radical (unpaired) electrons. The highest BCUT2D eigenvalue weighted by Gasteiger charge is 2.16. The molecule has 3 N–H and O–H groups in total. The van der Waals surface area contributed by atoms with E-state index in [0.29, 0.717) is 33.7 Å². The van der Waals surface area contributed by atoms with Crippen LogP contribution in [0.4, 0.5) is 0 Å². The fraction of sp³-hybridized carbons (Fsp3) is 0.211. The Bertz CT molecular complexity index is 876. The third-order valence-electron chi connectivity index (χ3n) is 3.52. The summed E-state index contributed by atoms with van der Waals surface area (Å²) in [6.07, 6.45) is 0.823. The number of carbonyl (C=O) groups is 2. The molecule has 0 unspecified atom stereocenters. The molecule has 2 amide bonds. The Hall–Kier alpha value is -2.65. The fourth-order valence-electron chi connectivity index (χ4n) is 2.23. The van der Waals surface area contributed by atoms with Crippen molar-refractivity contribution in [2.24, 2.45) is 0 Å². The Balaban J connectivity index is 1.97. The van der Waals surface area contributed by atoms with Crippen LogP contribution >= 0.6 is 28.1 Å². The number of amides is 2. The number of thiocarbonyl (C=S) groups is 1. The Morgan fingerprint density at radius 1 is 1.04 bits per heavy atom. The standard InChI is InChI=1S/C19H20BrN3O4S/c1-3-10-27-16-7-5-4-6-13(16)18(25)22-23-19(28)21-17(24)14-11-12(20)8-9-15(14)26-2/h4-9,11H,3,10H2,1-2H3,(H,22,25)(H2,21,23,24,28). The van der Waals surface area contributed by atoms with E-state index in [9.17, 15) is 9.59 Å². The largest absolute Gasteiger partial charge is 0.496 e. The number of rotatable bonds is 6. The predicted molar refractivity (Wildman–Crippen MR) is 114 cm³/mol. The third kappa shape index (κ3) is 5.93. The zero-order valence-electron chi connectivity index (χ0n) is 15.4. The van der Waals surface area contributed by atoms with E-state index in [-0.39, 0.29) is 5.11 Å². The minimum atomic E-state index is -0.475. The monoisotopic (exact) mass is 465 g/mol. The quantitative estimate of drug-likeness (QED) is 0.448. The van der Waals surface area contributed by atoms with E-state index in [4.69, 9.17) is 21.7 Å². The summed E-state index contributed by atoms with van der Waals surface area (Å²) < 4.78 is 11.5. The van der Waals surface area contributed by atoms with Crippen LogP contribution in [0.2, 0.25) is 0 Å². The van der Waals surface area contributed by atoms with Crippen molar-refractivity contribution >= 4 is 45.1 Å². The Morgan fingerprint density at radius 2 is 1.79 bits per heavy atom. The zero-order valence-corrected chi connectivity index (χ0v) is 17.8. The van der Waals surface area contributed by atoms with E-state index < -0.39 is 11.8 Å². The summed E-state index contributed by atoms with van der Waals surface area (Å²) in [7, 11) is 1.47. The molecule has 2 aromatic rings. The van der Waals surface area contributed by atoms with Gasteiger partial charge in [0.15, 0.2) is 5.11 Å². The van der Waals surface area contributed by atoms with E-state index in [1.54, 1.807) is 42.5 Å². The maximum absolute atomic E-state index is 12.4. The molecule has 0 aliphatic rings. The van der Waals surface area contributed by atoms with Gasteiger partial charge < -0.3 is 9.47 Å². The van der Waals surface area contributed by atoms with Gasteiger partial charge in [0.05, 0.1) is 24.8 Å². The van der Waals surface area contributed by atoms with Crippen LogP contribution < -0.4 is 25.6 Å². The lowest BCUT2D eigenvalue weighted by Crippen LogP contribution is -2.48. The van der Waals surface area contributed by atoms with Gasteiger partial charge in [-0.25, -0.2) is 0 Å². The van der Waals surface area contributed by atoms with Crippen LogP contribution in [0, 0.1) is 0 Å². The molecule has 2 rings (SSSR count). The number of benzene rings is 2. The van der Waals surface area contributed by atoms with Crippen LogP contribution in [0.25, 0.3) is 0 Å². The van der Waals surface area contributed by atoms with Crippen LogP contribution in [0.15, 0.2) is 46.9 Å². The highest BCUT2D eigenvalue weighted by Crippen LogP contribution is 2.22. The van der Waals surface area contributed by atoms with Crippen LogP contribution in [0.3, 0.4) is 0 Å². The number of hydrazine groups is 1. The second-order valence-corrected chi connectivity index (χ2v) is 6.88. The smallest absolute Gasteiger partial charge is 0.273 e. The molecule has 0 atom stereocenters. The maximum atomic E-state index is 12.4. The second kappa shape index (κ2) is 10.6. The lowest BCUT2D eigenvalue weighted by atomic mass is 10.2.